The van der Waals surface area contributed by atoms with Crippen molar-refractivity contribution in [3.05, 3.63) is 119 Å². The predicted octanol–water partition coefficient (Wildman–Crippen LogP) is 8.77. The van der Waals surface area contributed by atoms with Crippen LogP contribution >= 0.6 is 46.6 Å². The van der Waals surface area contributed by atoms with Crippen LogP contribution in [0.4, 0.5) is 11.4 Å². The second kappa shape index (κ2) is 12.0. The Kier molecular flexibility index (Phi) is 8.58. The minimum Gasteiger partial charge on any atom is -0.384 e. The van der Waals surface area contributed by atoms with Gasteiger partial charge in [0.25, 0.3) is 5.69 Å². The van der Waals surface area contributed by atoms with E-state index in [1.165, 1.54) is 23.1 Å². The van der Waals surface area contributed by atoms with Gasteiger partial charge in [0.05, 0.1) is 27.5 Å². The molecule has 5 rings (SSSR count). The molecular formula is C31H25Cl3N4O3S. The topological polar surface area (TPSA) is 113 Å². The number of allylic oxidation sites excluding steroid dienone is 3. The van der Waals surface area contributed by atoms with E-state index in [-0.39, 0.29) is 33.6 Å². The maximum atomic E-state index is 13.6. The molecule has 1 aliphatic carbocycles. The number of nitro groups is 1. The predicted molar refractivity (Wildman–Crippen MR) is 168 cm³/mol. The average Bonchev–Trinajstić information content (AvgIpc) is 2.95. The summed E-state index contributed by atoms with van der Waals surface area (Å²) in [4.78, 5) is 27.5. The lowest BCUT2D eigenvalue weighted by atomic mass is 9.73. The monoisotopic (exact) mass is 638 g/mol. The number of carbonyl (C=O) groups excluding carboxylic acids is 1. The molecule has 42 heavy (non-hydrogen) atoms. The Morgan fingerprint density at radius 1 is 1.10 bits per heavy atom. The van der Waals surface area contributed by atoms with Crippen LogP contribution in [0.3, 0.4) is 0 Å². The number of Topliss-reactive ketones (excluding diaryl/α,β-unsaturated/α-hetero) is 1. The van der Waals surface area contributed by atoms with E-state index in [1.807, 2.05) is 26.0 Å². The molecule has 7 nitrogen and oxygen atoms in total. The number of ketones is 1. The highest BCUT2D eigenvalue weighted by atomic mass is 35.5. The molecule has 1 atom stereocenters. The van der Waals surface area contributed by atoms with Crippen LogP contribution in [0.25, 0.3) is 0 Å². The fourth-order valence-corrected chi connectivity index (χ4v) is 7.37. The van der Waals surface area contributed by atoms with Gasteiger partial charge in [-0.25, -0.2) is 0 Å². The van der Waals surface area contributed by atoms with Crippen LogP contribution in [0, 0.1) is 35.3 Å². The molecule has 0 bridgehead atoms. The lowest BCUT2D eigenvalue weighted by molar-refractivity contribution is -0.384. The van der Waals surface area contributed by atoms with Crippen LogP contribution in [-0.2, 0) is 10.5 Å². The van der Waals surface area contributed by atoms with Crippen molar-refractivity contribution in [3.8, 4) is 6.07 Å². The van der Waals surface area contributed by atoms with Gasteiger partial charge >= 0.3 is 0 Å². The molecule has 0 radical (unpaired) electrons. The highest BCUT2D eigenvalue weighted by Gasteiger charge is 2.42. The van der Waals surface area contributed by atoms with E-state index in [0.29, 0.717) is 46.3 Å². The van der Waals surface area contributed by atoms with Gasteiger partial charge in [-0.3, -0.25) is 19.8 Å². The molecule has 0 saturated heterocycles. The Morgan fingerprint density at radius 3 is 2.52 bits per heavy atom. The highest BCUT2D eigenvalue weighted by Crippen LogP contribution is 2.49. The third-order valence-corrected chi connectivity index (χ3v) is 9.59. The second-order valence-corrected chi connectivity index (χ2v) is 12.5. The zero-order chi connectivity index (χ0) is 30.3. The molecule has 1 unspecified atom stereocenters. The third-order valence-electron chi connectivity index (χ3n) is 7.58. The summed E-state index contributed by atoms with van der Waals surface area (Å²) in [6.45, 7) is 3.94. The van der Waals surface area contributed by atoms with Gasteiger partial charge in [-0.2, -0.15) is 5.26 Å². The van der Waals surface area contributed by atoms with Crippen molar-refractivity contribution in [3.63, 3.8) is 0 Å². The number of halogens is 3. The number of anilines is 1. The fraction of sp³-hybridized carbons (Fsp3) is 0.226. The Morgan fingerprint density at radius 2 is 1.81 bits per heavy atom. The van der Waals surface area contributed by atoms with Crippen LogP contribution in [0.2, 0.25) is 15.1 Å². The van der Waals surface area contributed by atoms with E-state index >= 15 is 0 Å². The largest absolute Gasteiger partial charge is 0.384 e. The lowest BCUT2D eigenvalue weighted by Crippen LogP contribution is -2.39. The number of hydrogen-bond donors (Lipinski definition) is 1. The number of thioether (sulfide) groups is 1. The molecular weight excluding hydrogens is 615 g/mol. The van der Waals surface area contributed by atoms with Crippen molar-refractivity contribution in [2.45, 2.75) is 49.7 Å². The van der Waals surface area contributed by atoms with Crippen molar-refractivity contribution in [1.29, 1.82) is 5.26 Å². The van der Waals surface area contributed by atoms with E-state index in [4.69, 9.17) is 40.5 Å². The van der Waals surface area contributed by atoms with Crippen molar-refractivity contribution < 1.29 is 9.72 Å². The number of rotatable bonds is 6. The molecule has 1 aliphatic heterocycles. The molecule has 2 N–H and O–H groups in total. The van der Waals surface area contributed by atoms with Crippen LogP contribution in [0.5, 0.6) is 0 Å². The normalized spacial score (nSPS) is 16.9. The molecule has 1 heterocycles. The second-order valence-electron chi connectivity index (χ2n) is 10.2. The first kappa shape index (κ1) is 30.0. The molecule has 3 aromatic carbocycles. The van der Waals surface area contributed by atoms with Gasteiger partial charge in [0.1, 0.15) is 11.5 Å². The summed E-state index contributed by atoms with van der Waals surface area (Å²) in [6.07, 6.45) is 1.34. The number of nitrogens with two attached hydrogens (primary N) is 1. The third kappa shape index (κ3) is 5.50. The molecule has 11 heteroatoms. The van der Waals surface area contributed by atoms with Gasteiger partial charge in [-0.15, -0.1) is 11.8 Å². The minimum absolute atomic E-state index is 0.0592. The highest BCUT2D eigenvalue weighted by molar-refractivity contribution is 7.98. The van der Waals surface area contributed by atoms with E-state index in [2.05, 4.69) is 12.1 Å². The Labute approximate surface area is 262 Å². The van der Waals surface area contributed by atoms with Crippen LogP contribution in [0.15, 0.2) is 76.1 Å². The zero-order valence-electron chi connectivity index (χ0n) is 22.7. The summed E-state index contributed by atoms with van der Waals surface area (Å²) in [7, 11) is 0. The fourth-order valence-electron chi connectivity index (χ4n) is 5.66. The first-order chi connectivity index (χ1) is 20.0. The van der Waals surface area contributed by atoms with Crippen molar-refractivity contribution >= 4 is 63.7 Å². The van der Waals surface area contributed by atoms with Crippen molar-refractivity contribution in [1.82, 2.24) is 0 Å². The number of carbonyl (C=O) groups is 1. The van der Waals surface area contributed by atoms with Gasteiger partial charge in [-0.05, 0) is 73.7 Å². The maximum Gasteiger partial charge on any atom is 0.294 e. The average molecular weight is 640 g/mol. The molecule has 0 aromatic heterocycles. The van der Waals surface area contributed by atoms with Crippen molar-refractivity contribution in [2.24, 2.45) is 5.73 Å². The van der Waals surface area contributed by atoms with E-state index in [1.54, 1.807) is 23.9 Å². The number of aryl methyl sites for hydroxylation is 1. The summed E-state index contributed by atoms with van der Waals surface area (Å²) in [6, 6.07) is 15.9. The van der Waals surface area contributed by atoms with E-state index in [0.717, 1.165) is 27.1 Å². The lowest BCUT2D eigenvalue weighted by Gasteiger charge is -2.40. The van der Waals surface area contributed by atoms with Crippen molar-refractivity contribution in [2.75, 3.05) is 4.90 Å². The SMILES string of the molecule is Cc1cc(CSc2cc(Cl)ccc2Cl)c(C)c(C2C(C#N)=C(N)N(c3ccc(Cl)cc3[N+](=O)[O-])C3=C2C(=O)CCC3)c1. The number of benzene rings is 3. The quantitative estimate of drug-likeness (QED) is 0.163. The molecule has 0 fully saturated rings. The number of nitrogens with zero attached hydrogens (tertiary/aromatic N) is 3. The first-order valence-corrected chi connectivity index (χ1v) is 15.2. The first-order valence-electron chi connectivity index (χ1n) is 13.1. The summed E-state index contributed by atoms with van der Waals surface area (Å²) in [5.74, 6) is -0.175. The van der Waals surface area contributed by atoms with E-state index in [9.17, 15) is 20.2 Å². The summed E-state index contributed by atoms with van der Waals surface area (Å²) >= 11 is 20.2. The zero-order valence-corrected chi connectivity index (χ0v) is 25.8. The van der Waals surface area contributed by atoms with Gasteiger partial charge in [0.15, 0.2) is 5.78 Å². The summed E-state index contributed by atoms with van der Waals surface area (Å²) in [5, 5.41) is 23.8. The summed E-state index contributed by atoms with van der Waals surface area (Å²) in [5.41, 5.74) is 11.5. The van der Waals surface area contributed by atoms with E-state index < -0.39 is 10.8 Å². The van der Waals surface area contributed by atoms with Gasteiger partial charge in [-0.1, -0.05) is 52.5 Å². The Hall–Kier alpha value is -3.48. The number of nitro benzene ring substituents is 1. The molecule has 214 valence electrons. The molecule has 0 saturated carbocycles. The molecule has 2 aliphatic rings. The van der Waals surface area contributed by atoms with Gasteiger partial charge in [0, 0.05) is 44.5 Å². The number of nitriles is 1. The standard InChI is InChI=1S/C31H25Cl3N4O3S/c1-16-10-18(15-42-28-13-20(33)6-8-23(28)34)17(2)21(11-16)29-22(14-35)31(36)37(25-4-3-5-27(39)30(25)29)24-9-7-19(32)12-26(24)38(40)41/h6-13,29H,3-5,15,36H2,1-2H3. The minimum atomic E-state index is -0.709. The Bertz CT molecular complexity index is 1760. The van der Waals surface area contributed by atoms with Crippen LogP contribution in [-0.4, -0.2) is 10.7 Å². The maximum absolute atomic E-state index is 13.6. The van der Waals surface area contributed by atoms with Gasteiger partial charge in [0.2, 0.25) is 0 Å². The summed E-state index contributed by atoms with van der Waals surface area (Å²) < 4.78 is 0. The molecule has 0 amide bonds. The molecule has 3 aromatic rings. The van der Waals surface area contributed by atoms with Crippen LogP contribution in [0.1, 0.15) is 47.4 Å². The number of hydrogen-bond acceptors (Lipinski definition) is 7. The van der Waals surface area contributed by atoms with Gasteiger partial charge < -0.3 is 5.73 Å². The Balaban J connectivity index is 1.67. The van der Waals surface area contributed by atoms with Crippen LogP contribution < -0.4 is 10.6 Å². The smallest absolute Gasteiger partial charge is 0.294 e. The molecule has 0 spiro atoms.